The van der Waals surface area contributed by atoms with Crippen LogP contribution in [0, 0.1) is 11.6 Å². The van der Waals surface area contributed by atoms with E-state index in [1.807, 2.05) is 0 Å². The summed E-state index contributed by atoms with van der Waals surface area (Å²) in [6, 6.07) is 4.36. The van der Waals surface area contributed by atoms with E-state index in [4.69, 9.17) is 11.6 Å². The fourth-order valence-electron chi connectivity index (χ4n) is 3.51. The lowest BCUT2D eigenvalue weighted by Gasteiger charge is -2.29. The van der Waals surface area contributed by atoms with Crippen molar-refractivity contribution in [1.82, 2.24) is 5.32 Å². The van der Waals surface area contributed by atoms with Gasteiger partial charge in [-0.2, -0.15) is 13.2 Å². The molecule has 1 amide bonds. The van der Waals surface area contributed by atoms with Gasteiger partial charge in [-0.3, -0.25) is 4.79 Å². The molecule has 2 aromatic carbocycles. The molecule has 0 heterocycles. The summed E-state index contributed by atoms with van der Waals surface area (Å²) in [6.07, 6.45) is -4.21. The number of rotatable bonds is 4. The molecule has 0 bridgehead atoms. The van der Waals surface area contributed by atoms with E-state index in [1.165, 1.54) is 12.1 Å². The second kappa shape index (κ2) is 8.74. The van der Waals surface area contributed by atoms with Crippen molar-refractivity contribution in [1.29, 1.82) is 0 Å². The molecule has 0 unspecified atom stereocenters. The highest BCUT2D eigenvalue weighted by Crippen LogP contribution is 2.34. The third kappa shape index (κ3) is 5.35. The smallest absolute Gasteiger partial charge is 0.349 e. The Hall–Kier alpha value is -2.20. The molecule has 168 valence electrons. The number of nitrogens with one attached hydrogen (secondary N) is 1. The third-order valence-corrected chi connectivity index (χ3v) is 7.69. The van der Waals surface area contributed by atoms with Crippen molar-refractivity contribution in [3.8, 4) is 0 Å². The maximum absolute atomic E-state index is 13.6. The van der Waals surface area contributed by atoms with E-state index < -0.39 is 49.3 Å². The van der Waals surface area contributed by atoms with Crippen LogP contribution < -0.4 is 5.32 Å². The van der Waals surface area contributed by atoms with Crippen molar-refractivity contribution >= 4 is 27.3 Å². The van der Waals surface area contributed by atoms with Crippen LogP contribution in [-0.4, -0.2) is 25.6 Å². The first-order valence-electron chi connectivity index (χ1n) is 9.25. The molecule has 0 atom stereocenters. The van der Waals surface area contributed by atoms with Gasteiger partial charge in [0.1, 0.15) is 11.6 Å². The summed E-state index contributed by atoms with van der Waals surface area (Å²) in [4.78, 5) is 11.6. The maximum atomic E-state index is 13.6. The Bertz CT molecular complexity index is 1100. The predicted molar refractivity (Wildman–Crippen MR) is 104 cm³/mol. The van der Waals surface area contributed by atoms with Crippen LogP contribution in [0.25, 0.3) is 0 Å². The summed E-state index contributed by atoms with van der Waals surface area (Å²) in [7, 11) is -4.19. The Morgan fingerprint density at radius 1 is 1.00 bits per heavy atom. The highest BCUT2D eigenvalue weighted by Gasteiger charge is 2.36. The highest BCUT2D eigenvalue weighted by atomic mass is 35.5. The van der Waals surface area contributed by atoms with Crippen LogP contribution in [0.15, 0.2) is 41.3 Å². The Morgan fingerprint density at radius 2 is 1.65 bits per heavy atom. The number of amides is 1. The lowest BCUT2D eigenvalue weighted by Crippen LogP contribution is -2.40. The van der Waals surface area contributed by atoms with Gasteiger partial charge in [0.05, 0.1) is 20.7 Å². The van der Waals surface area contributed by atoms with Gasteiger partial charge in [-0.25, -0.2) is 17.2 Å². The summed E-state index contributed by atoms with van der Waals surface area (Å²) >= 11 is 5.66. The van der Waals surface area contributed by atoms with Gasteiger partial charge in [0.2, 0.25) is 0 Å². The molecule has 2 aromatic rings. The minimum absolute atomic E-state index is 0.0787. The number of alkyl halides is 3. The molecule has 1 aliphatic carbocycles. The standard InChI is InChI=1S/C20H17ClF5NO3S/c21-17-7-11(1-6-18(17)23)19(28)27-14-2-4-15(5-3-14)31(29,30)16-9-12(20(24,25)26)8-13(22)10-16/h1,6-10,14-15H,2-5H2,(H,27,28)/t14-,15+. The van der Waals surface area contributed by atoms with Crippen LogP contribution in [0.3, 0.4) is 0 Å². The lowest BCUT2D eigenvalue weighted by atomic mass is 9.94. The average molecular weight is 482 g/mol. The molecule has 1 fully saturated rings. The molecule has 0 aliphatic heterocycles. The molecule has 0 aromatic heterocycles. The summed E-state index contributed by atoms with van der Waals surface area (Å²) in [5.41, 5.74) is -1.23. The van der Waals surface area contributed by atoms with Gasteiger partial charge >= 0.3 is 6.18 Å². The number of sulfone groups is 1. The Balaban J connectivity index is 1.68. The Kier molecular flexibility index (Phi) is 6.61. The van der Waals surface area contributed by atoms with Gasteiger partial charge < -0.3 is 5.32 Å². The van der Waals surface area contributed by atoms with Crippen LogP contribution in [0.2, 0.25) is 5.02 Å². The minimum atomic E-state index is -4.88. The molecule has 11 heteroatoms. The van der Waals surface area contributed by atoms with E-state index in [9.17, 15) is 35.2 Å². The van der Waals surface area contributed by atoms with Gasteiger partial charge in [0.15, 0.2) is 9.84 Å². The fourth-order valence-corrected chi connectivity index (χ4v) is 5.53. The van der Waals surface area contributed by atoms with Crippen LogP contribution in [-0.2, 0) is 16.0 Å². The van der Waals surface area contributed by atoms with Crippen LogP contribution in [0.4, 0.5) is 22.0 Å². The fraction of sp³-hybridized carbons (Fsp3) is 0.350. The maximum Gasteiger partial charge on any atom is 0.416 e. The van der Waals surface area contributed by atoms with E-state index in [0.717, 1.165) is 6.07 Å². The van der Waals surface area contributed by atoms with Crippen LogP contribution in [0.1, 0.15) is 41.6 Å². The minimum Gasteiger partial charge on any atom is -0.349 e. The number of carbonyl (C=O) groups excluding carboxylic acids is 1. The van der Waals surface area contributed by atoms with Crippen LogP contribution in [0.5, 0.6) is 0 Å². The van der Waals surface area contributed by atoms with Crippen LogP contribution >= 0.6 is 11.6 Å². The number of benzene rings is 2. The highest BCUT2D eigenvalue weighted by molar-refractivity contribution is 7.92. The van der Waals surface area contributed by atoms with Crippen molar-refractivity contribution in [2.24, 2.45) is 0 Å². The summed E-state index contributed by atoms with van der Waals surface area (Å²) < 4.78 is 91.1. The van der Waals surface area contributed by atoms with E-state index >= 15 is 0 Å². The number of hydrogen-bond acceptors (Lipinski definition) is 3. The number of carbonyl (C=O) groups is 1. The number of halogens is 6. The van der Waals surface area contributed by atoms with Crippen molar-refractivity contribution in [2.45, 2.75) is 48.0 Å². The topological polar surface area (TPSA) is 63.2 Å². The Labute approximate surface area is 180 Å². The molecule has 1 saturated carbocycles. The van der Waals surface area contributed by atoms with Gasteiger partial charge in [0.25, 0.3) is 5.91 Å². The molecular formula is C20H17ClF5NO3S. The second-order valence-corrected chi connectivity index (χ2v) is 9.93. The zero-order valence-electron chi connectivity index (χ0n) is 15.8. The van der Waals surface area contributed by atoms with E-state index in [1.54, 1.807) is 0 Å². The first-order chi connectivity index (χ1) is 14.4. The van der Waals surface area contributed by atoms with Gasteiger partial charge in [0, 0.05) is 11.6 Å². The molecule has 0 spiro atoms. The van der Waals surface area contributed by atoms with Crippen molar-refractivity contribution in [3.05, 3.63) is 64.2 Å². The van der Waals surface area contributed by atoms with E-state index in [2.05, 4.69) is 5.32 Å². The van der Waals surface area contributed by atoms with Gasteiger partial charge in [-0.1, -0.05) is 11.6 Å². The predicted octanol–water partition coefficient (Wildman–Crippen LogP) is 5.15. The zero-order chi connectivity index (χ0) is 23.0. The first kappa shape index (κ1) is 23.5. The Morgan fingerprint density at radius 3 is 2.23 bits per heavy atom. The monoisotopic (exact) mass is 481 g/mol. The zero-order valence-corrected chi connectivity index (χ0v) is 17.4. The summed E-state index contributed by atoms with van der Waals surface area (Å²) in [5, 5.41) is 1.50. The van der Waals surface area contributed by atoms with Crippen molar-refractivity contribution < 1.29 is 35.2 Å². The molecule has 1 N–H and O–H groups in total. The lowest BCUT2D eigenvalue weighted by molar-refractivity contribution is -0.137. The quantitative estimate of drug-likeness (QED) is 0.614. The SMILES string of the molecule is O=C(N[C@H]1CC[C@@H](S(=O)(=O)c2cc(F)cc(C(F)(F)F)c2)CC1)c1ccc(F)c(Cl)c1. The van der Waals surface area contributed by atoms with Crippen molar-refractivity contribution in [2.75, 3.05) is 0 Å². The second-order valence-electron chi connectivity index (χ2n) is 7.29. The molecule has 4 nitrogen and oxygen atoms in total. The average Bonchev–Trinajstić information content (AvgIpc) is 2.69. The largest absolute Gasteiger partial charge is 0.416 e. The van der Waals surface area contributed by atoms with Crippen molar-refractivity contribution in [3.63, 3.8) is 0 Å². The first-order valence-corrected chi connectivity index (χ1v) is 11.2. The van der Waals surface area contributed by atoms with E-state index in [0.29, 0.717) is 12.1 Å². The molecule has 31 heavy (non-hydrogen) atoms. The molecule has 0 radical (unpaired) electrons. The number of hydrogen-bond donors (Lipinski definition) is 1. The normalized spacial score (nSPS) is 19.8. The summed E-state index contributed by atoms with van der Waals surface area (Å²) in [5.74, 6) is -2.46. The van der Waals surface area contributed by atoms with Gasteiger partial charge in [-0.05, 0) is 62.1 Å². The third-order valence-electron chi connectivity index (χ3n) is 5.16. The van der Waals surface area contributed by atoms with Gasteiger partial charge in [-0.15, -0.1) is 0 Å². The summed E-state index contributed by atoms with van der Waals surface area (Å²) in [6.45, 7) is 0. The molecule has 0 saturated heterocycles. The molecule has 1 aliphatic rings. The molecular weight excluding hydrogens is 465 g/mol. The molecule has 3 rings (SSSR count). The van der Waals surface area contributed by atoms with E-state index in [-0.39, 0.29) is 48.4 Å².